The van der Waals surface area contributed by atoms with Gasteiger partial charge in [-0.1, -0.05) is 43.3 Å². The summed E-state index contributed by atoms with van der Waals surface area (Å²) in [6.45, 7) is 8.61. The summed E-state index contributed by atoms with van der Waals surface area (Å²) in [6, 6.07) is 18.5. The SMILES string of the molecule is CCc1nc2c(cnn2CC)c(NC2CCOCC2)c1CN(Cc1ccc(C)c(-c2cccc(C=O)c2)c1)C(=O)c1cccc(C(N)=O)n1. The molecule has 0 radical (unpaired) electrons. The highest BCUT2D eigenvalue weighted by molar-refractivity contribution is 5.96. The van der Waals surface area contributed by atoms with E-state index in [0.29, 0.717) is 31.7 Å². The maximum absolute atomic E-state index is 14.4. The number of hydrogen-bond donors (Lipinski definition) is 2. The molecule has 252 valence electrons. The van der Waals surface area contributed by atoms with Crippen LogP contribution in [0.5, 0.6) is 0 Å². The highest BCUT2D eigenvalue weighted by atomic mass is 16.5. The minimum absolute atomic E-state index is 0.0182. The van der Waals surface area contributed by atoms with Crippen molar-refractivity contribution in [2.24, 2.45) is 5.73 Å². The van der Waals surface area contributed by atoms with Crippen molar-refractivity contribution in [1.82, 2.24) is 24.6 Å². The maximum atomic E-state index is 14.4. The van der Waals surface area contributed by atoms with Gasteiger partial charge in [-0.2, -0.15) is 5.10 Å². The van der Waals surface area contributed by atoms with Crippen LogP contribution in [0.1, 0.15) is 80.4 Å². The maximum Gasteiger partial charge on any atom is 0.273 e. The Balaban J connectivity index is 1.46. The Morgan fingerprint density at radius 2 is 1.80 bits per heavy atom. The van der Waals surface area contributed by atoms with Gasteiger partial charge >= 0.3 is 0 Å². The first-order valence-electron chi connectivity index (χ1n) is 16.7. The predicted octanol–water partition coefficient (Wildman–Crippen LogP) is 5.73. The second-order valence-electron chi connectivity index (χ2n) is 12.3. The van der Waals surface area contributed by atoms with Gasteiger partial charge in [-0.05, 0) is 79.6 Å². The quantitative estimate of drug-likeness (QED) is 0.162. The number of fused-ring (bicyclic) bond motifs is 1. The molecule has 1 saturated heterocycles. The van der Waals surface area contributed by atoms with Crippen LogP contribution in [-0.4, -0.2) is 62.0 Å². The molecule has 2 amide bonds. The number of benzene rings is 2. The number of nitrogens with one attached hydrogen (secondary N) is 1. The second-order valence-corrected chi connectivity index (χ2v) is 12.3. The van der Waals surface area contributed by atoms with E-state index in [-0.39, 0.29) is 36.4 Å². The van der Waals surface area contributed by atoms with Crippen molar-refractivity contribution < 1.29 is 19.1 Å². The van der Waals surface area contributed by atoms with E-state index < -0.39 is 5.91 Å². The first-order chi connectivity index (χ1) is 23.8. The minimum Gasteiger partial charge on any atom is -0.381 e. The van der Waals surface area contributed by atoms with E-state index in [9.17, 15) is 14.4 Å². The van der Waals surface area contributed by atoms with Gasteiger partial charge in [-0.15, -0.1) is 0 Å². The summed E-state index contributed by atoms with van der Waals surface area (Å²) in [5.41, 5.74) is 13.6. The first-order valence-corrected chi connectivity index (χ1v) is 16.7. The Kier molecular flexibility index (Phi) is 10.1. The molecule has 49 heavy (non-hydrogen) atoms. The fraction of sp³-hybridized carbons (Fsp3) is 0.316. The van der Waals surface area contributed by atoms with Crippen LogP contribution < -0.4 is 11.1 Å². The molecule has 0 atom stereocenters. The lowest BCUT2D eigenvalue weighted by atomic mass is 9.96. The Hall–Kier alpha value is -5.42. The standard InChI is InChI=1S/C38H41N7O4/c1-4-32-31(35(41-28-14-16-49-17-15-28)30-20-40-45(5-2)37(30)43-32)22-44(38(48)34-11-7-10-33(42-34)36(39)47)21-25-13-12-24(3)29(19-25)27-9-6-8-26(18-27)23-46/h6-13,18-20,23,28H,4-5,14-17,21-22H2,1-3H3,(H2,39,47)(H,41,43). The van der Waals surface area contributed by atoms with E-state index in [1.54, 1.807) is 23.1 Å². The van der Waals surface area contributed by atoms with Crippen LogP contribution in [0.4, 0.5) is 5.69 Å². The molecule has 0 aliphatic carbocycles. The zero-order valence-corrected chi connectivity index (χ0v) is 28.1. The zero-order valence-electron chi connectivity index (χ0n) is 28.1. The van der Waals surface area contributed by atoms with Crippen LogP contribution in [0.25, 0.3) is 22.2 Å². The van der Waals surface area contributed by atoms with E-state index in [2.05, 4.69) is 28.4 Å². The molecular formula is C38H41N7O4. The second kappa shape index (κ2) is 14.8. The first kappa shape index (κ1) is 33.5. The number of hydrogen-bond acceptors (Lipinski definition) is 8. The minimum atomic E-state index is -0.708. The monoisotopic (exact) mass is 659 g/mol. The van der Waals surface area contributed by atoms with E-state index in [1.807, 2.05) is 55.1 Å². The molecule has 6 rings (SSSR count). The number of pyridine rings is 2. The van der Waals surface area contributed by atoms with E-state index in [4.69, 9.17) is 15.5 Å². The normalized spacial score (nSPS) is 13.4. The Labute approximate surface area is 285 Å². The lowest BCUT2D eigenvalue weighted by Gasteiger charge is -2.29. The summed E-state index contributed by atoms with van der Waals surface area (Å²) >= 11 is 0. The third kappa shape index (κ3) is 7.22. The molecule has 1 fully saturated rings. The molecule has 2 aromatic carbocycles. The number of aryl methyl sites for hydroxylation is 3. The fourth-order valence-corrected chi connectivity index (χ4v) is 6.40. The van der Waals surface area contributed by atoms with Crippen LogP contribution in [-0.2, 0) is 30.8 Å². The van der Waals surface area contributed by atoms with Gasteiger partial charge in [0.2, 0.25) is 0 Å². The van der Waals surface area contributed by atoms with Crippen molar-refractivity contribution in [1.29, 1.82) is 0 Å². The van der Waals surface area contributed by atoms with Crippen LogP contribution >= 0.6 is 0 Å². The molecule has 1 aliphatic rings. The molecule has 11 nitrogen and oxygen atoms in total. The molecule has 1 aliphatic heterocycles. The number of aromatic nitrogens is 4. The number of carbonyl (C=O) groups excluding carboxylic acids is 3. The number of rotatable bonds is 12. The summed E-state index contributed by atoms with van der Waals surface area (Å²) in [5.74, 6) is -1.06. The van der Waals surface area contributed by atoms with Gasteiger partial charge < -0.3 is 20.7 Å². The van der Waals surface area contributed by atoms with Crippen molar-refractivity contribution in [3.63, 3.8) is 0 Å². The summed E-state index contributed by atoms with van der Waals surface area (Å²) in [5, 5.41) is 9.34. The summed E-state index contributed by atoms with van der Waals surface area (Å²) in [7, 11) is 0. The van der Waals surface area contributed by atoms with Gasteiger partial charge in [0.05, 0.1) is 23.8 Å². The van der Waals surface area contributed by atoms with Crippen molar-refractivity contribution >= 4 is 34.8 Å². The van der Waals surface area contributed by atoms with Crippen LogP contribution in [0.3, 0.4) is 0 Å². The van der Waals surface area contributed by atoms with Gasteiger partial charge in [-0.3, -0.25) is 14.4 Å². The van der Waals surface area contributed by atoms with Gasteiger partial charge in [0.1, 0.15) is 17.7 Å². The largest absolute Gasteiger partial charge is 0.381 e. The van der Waals surface area contributed by atoms with Gasteiger partial charge in [0, 0.05) is 49.2 Å². The number of ether oxygens (including phenoxy) is 1. The number of amides is 2. The molecule has 0 unspecified atom stereocenters. The van der Waals surface area contributed by atoms with E-state index in [0.717, 1.165) is 69.4 Å². The molecule has 3 aromatic heterocycles. The number of aldehydes is 1. The molecule has 0 spiro atoms. The molecule has 3 N–H and O–H groups in total. The number of nitrogens with two attached hydrogens (primary N) is 1. The molecule has 0 bridgehead atoms. The Bertz CT molecular complexity index is 2020. The molecule has 5 aromatic rings. The van der Waals surface area contributed by atoms with Crippen LogP contribution in [0.2, 0.25) is 0 Å². The third-order valence-corrected chi connectivity index (χ3v) is 9.04. The highest BCUT2D eigenvalue weighted by Crippen LogP contribution is 2.33. The summed E-state index contributed by atoms with van der Waals surface area (Å²) in [6.07, 6.45) is 5.04. The van der Waals surface area contributed by atoms with Crippen LogP contribution in [0.15, 0.2) is 66.9 Å². The lowest BCUT2D eigenvalue weighted by molar-refractivity contribution is 0.0723. The average Bonchev–Trinajstić information content (AvgIpc) is 3.55. The van der Waals surface area contributed by atoms with Gasteiger partial charge in [0.15, 0.2) is 5.65 Å². The zero-order chi connectivity index (χ0) is 34.5. The van der Waals surface area contributed by atoms with Gasteiger partial charge in [-0.25, -0.2) is 14.6 Å². The number of nitrogens with zero attached hydrogens (tertiary/aromatic N) is 5. The Morgan fingerprint density at radius 1 is 1.02 bits per heavy atom. The van der Waals surface area contributed by atoms with Crippen LogP contribution in [0, 0.1) is 6.92 Å². The topological polar surface area (TPSA) is 145 Å². The van der Waals surface area contributed by atoms with E-state index >= 15 is 0 Å². The number of primary amides is 1. The van der Waals surface area contributed by atoms with Gasteiger partial charge in [0.25, 0.3) is 11.8 Å². The van der Waals surface area contributed by atoms with Crippen molar-refractivity contribution in [3.05, 3.63) is 106 Å². The van der Waals surface area contributed by atoms with E-state index in [1.165, 1.54) is 6.07 Å². The lowest BCUT2D eigenvalue weighted by Crippen LogP contribution is -2.33. The Morgan fingerprint density at radius 3 is 2.53 bits per heavy atom. The molecule has 11 heteroatoms. The number of carbonyl (C=O) groups is 3. The van der Waals surface area contributed by atoms with Crippen molar-refractivity contribution in [2.75, 3.05) is 18.5 Å². The average molecular weight is 660 g/mol. The fourth-order valence-electron chi connectivity index (χ4n) is 6.40. The third-order valence-electron chi connectivity index (χ3n) is 9.04. The molecular weight excluding hydrogens is 618 g/mol. The smallest absolute Gasteiger partial charge is 0.273 e. The summed E-state index contributed by atoms with van der Waals surface area (Å²) < 4.78 is 7.54. The summed E-state index contributed by atoms with van der Waals surface area (Å²) in [4.78, 5) is 49.2. The van der Waals surface area contributed by atoms with Crippen molar-refractivity contribution in [3.8, 4) is 11.1 Å². The molecule has 0 saturated carbocycles. The predicted molar refractivity (Wildman–Crippen MR) is 188 cm³/mol. The highest BCUT2D eigenvalue weighted by Gasteiger charge is 2.26. The number of anilines is 1. The molecule has 4 heterocycles. The van der Waals surface area contributed by atoms with Crippen molar-refractivity contribution in [2.45, 2.75) is 65.7 Å².